The molecule has 0 saturated carbocycles. The second-order valence-electron chi connectivity index (χ2n) is 7.16. The molecule has 3 rings (SSSR count). The lowest BCUT2D eigenvalue weighted by atomic mass is 9.88. The maximum atomic E-state index is 12.3. The van der Waals surface area contributed by atoms with Gasteiger partial charge in [-0.05, 0) is 62.1 Å². The zero-order chi connectivity index (χ0) is 20.8. The van der Waals surface area contributed by atoms with Crippen molar-refractivity contribution < 1.29 is 14.3 Å². The highest BCUT2D eigenvalue weighted by Gasteiger charge is 2.27. The van der Waals surface area contributed by atoms with Crippen molar-refractivity contribution in [3.63, 3.8) is 0 Å². The van der Waals surface area contributed by atoms with Crippen molar-refractivity contribution in [3.05, 3.63) is 44.5 Å². The average Bonchev–Trinajstić information content (AvgIpc) is 3.31. The molecule has 0 spiro atoms. The van der Waals surface area contributed by atoms with Crippen molar-refractivity contribution in [2.24, 2.45) is 5.92 Å². The van der Waals surface area contributed by atoms with Crippen LogP contribution >= 0.6 is 22.7 Å². The van der Waals surface area contributed by atoms with E-state index in [-0.39, 0.29) is 17.9 Å². The Morgan fingerprint density at radius 3 is 2.97 bits per heavy atom. The number of hydrogen-bond donors (Lipinski definition) is 2. The molecule has 2 N–H and O–H groups in total. The maximum absolute atomic E-state index is 12.3. The molecular formula is C21H23N3O3S2. The highest BCUT2D eigenvalue weighted by molar-refractivity contribution is 7.16. The molecule has 1 atom stereocenters. The molecule has 0 aliphatic heterocycles. The van der Waals surface area contributed by atoms with Crippen LogP contribution in [-0.2, 0) is 22.4 Å². The van der Waals surface area contributed by atoms with Gasteiger partial charge in [-0.25, -0.2) is 4.79 Å². The Hall–Kier alpha value is -2.63. The molecule has 1 aliphatic rings. The van der Waals surface area contributed by atoms with Gasteiger partial charge in [0.2, 0.25) is 5.91 Å². The number of rotatable bonds is 6. The smallest absolute Gasteiger partial charge is 0.407 e. The van der Waals surface area contributed by atoms with Gasteiger partial charge in [0.1, 0.15) is 11.1 Å². The Bertz CT molecular complexity index is 939. The van der Waals surface area contributed by atoms with Crippen LogP contribution in [0, 0.1) is 17.2 Å². The van der Waals surface area contributed by atoms with Crippen molar-refractivity contribution in [2.75, 3.05) is 11.9 Å². The van der Waals surface area contributed by atoms with Crippen molar-refractivity contribution in [2.45, 2.75) is 39.2 Å². The molecule has 2 aromatic heterocycles. The lowest BCUT2D eigenvalue weighted by Gasteiger charge is -2.22. The normalized spacial score (nSPS) is 15.7. The fourth-order valence-electron chi connectivity index (χ4n) is 3.17. The van der Waals surface area contributed by atoms with Gasteiger partial charge < -0.3 is 15.4 Å². The number of nitrogens with one attached hydrogen (secondary N) is 2. The van der Waals surface area contributed by atoms with Crippen LogP contribution in [0.1, 0.15) is 41.1 Å². The number of hydrogen-bond acceptors (Lipinski definition) is 6. The number of ether oxygens (including phenoxy) is 1. The standard InChI is InChI=1S/C21H23N3O3S2/c1-13(2)23-21(26)27-12-14-5-7-16-17(11-22)20(29-18(16)10-14)24-19(25)8-6-15-4-3-9-28-15/h3-4,6,8-9,13-14H,5,7,10,12H2,1-2H3,(H,23,26)(H,24,25)/b8-6+. The van der Waals surface area contributed by atoms with E-state index in [4.69, 9.17) is 4.74 Å². The number of thiophene rings is 2. The van der Waals surface area contributed by atoms with Gasteiger partial charge >= 0.3 is 6.09 Å². The number of nitrogens with zero attached hydrogens (tertiary/aromatic N) is 1. The van der Waals surface area contributed by atoms with Crippen LogP contribution in [0.2, 0.25) is 0 Å². The summed E-state index contributed by atoms with van der Waals surface area (Å²) in [6, 6.07) is 6.14. The minimum Gasteiger partial charge on any atom is -0.449 e. The third-order valence-electron chi connectivity index (χ3n) is 4.51. The predicted molar refractivity (Wildman–Crippen MR) is 116 cm³/mol. The van der Waals surface area contributed by atoms with Crippen molar-refractivity contribution in [1.82, 2.24) is 5.32 Å². The van der Waals surface area contributed by atoms with Crippen LogP contribution < -0.4 is 10.6 Å². The van der Waals surface area contributed by atoms with Crippen LogP contribution in [0.15, 0.2) is 23.6 Å². The topological polar surface area (TPSA) is 91.2 Å². The largest absolute Gasteiger partial charge is 0.449 e. The fourth-order valence-corrected chi connectivity index (χ4v) is 5.10. The van der Waals surface area contributed by atoms with Gasteiger partial charge in [-0.15, -0.1) is 22.7 Å². The molecule has 6 nitrogen and oxygen atoms in total. The van der Waals surface area contributed by atoms with Crippen LogP contribution in [-0.4, -0.2) is 24.6 Å². The van der Waals surface area contributed by atoms with Gasteiger partial charge in [-0.2, -0.15) is 5.26 Å². The number of nitriles is 1. The zero-order valence-corrected chi connectivity index (χ0v) is 18.0. The Labute approximate surface area is 178 Å². The summed E-state index contributed by atoms with van der Waals surface area (Å²) in [7, 11) is 0. The fraction of sp³-hybridized carbons (Fsp3) is 0.381. The second-order valence-corrected chi connectivity index (χ2v) is 9.25. The summed E-state index contributed by atoms with van der Waals surface area (Å²) in [5, 5.41) is 17.7. The van der Waals surface area contributed by atoms with Gasteiger partial charge in [0.05, 0.1) is 12.2 Å². The molecule has 2 amide bonds. The van der Waals surface area contributed by atoms with E-state index in [1.165, 1.54) is 17.4 Å². The summed E-state index contributed by atoms with van der Waals surface area (Å²) < 4.78 is 5.31. The van der Waals surface area contributed by atoms with Crippen LogP contribution in [0.5, 0.6) is 0 Å². The number of carbonyl (C=O) groups excluding carboxylic acids is 2. The minimum atomic E-state index is -0.403. The van der Waals surface area contributed by atoms with E-state index in [0.717, 1.165) is 34.6 Å². The molecule has 1 aliphatic carbocycles. The molecule has 2 aromatic rings. The molecule has 2 heterocycles. The molecular weight excluding hydrogens is 406 g/mol. The Balaban J connectivity index is 1.63. The first-order chi connectivity index (χ1) is 14.0. The van der Waals surface area contributed by atoms with Crippen molar-refractivity contribution in [1.29, 1.82) is 5.26 Å². The first kappa shape index (κ1) is 21.1. The monoisotopic (exact) mass is 429 g/mol. The van der Waals surface area contributed by atoms with E-state index in [9.17, 15) is 14.9 Å². The van der Waals surface area contributed by atoms with E-state index in [0.29, 0.717) is 17.2 Å². The first-order valence-corrected chi connectivity index (χ1v) is 11.2. The summed E-state index contributed by atoms with van der Waals surface area (Å²) in [6.07, 6.45) is 5.17. The summed E-state index contributed by atoms with van der Waals surface area (Å²) in [5.74, 6) is -0.0355. The molecule has 0 aromatic carbocycles. The molecule has 152 valence electrons. The number of amides is 2. The van der Waals surface area contributed by atoms with Crippen LogP contribution in [0.25, 0.3) is 6.08 Å². The number of fused-ring (bicyclic) bond motifs is 1. The summed E-state index contributed by atoms with van der Waals surface area (Å²) >= 11 is 3.00. The van der Waals surface area contributed by atoms with Crippen LogP contribution in [0.3, 0.4) is 0 Å². The molecule has 1 unspecified atom stereocenters. The molecule has 0 saturated heterocycles. The third-order valence-corrected chi connectivity index (χ3v) is 6.52. The van der Waals surface area contributed by atoms with Gasteiger partial charge in [-0.1, -0.05) is 6.07 Å². The first-order valence-electron chi connectivity index (χ1n) is 9.46. The molecule has 0 fully saturated rings. The van der Waals surface area contributed by atoms with E-state index in [2.05, 4.69) is 16.7 Å². The lowest BCUT2D eigenvalue weighted by molar-refractivity contribution is -0.111. The van der Waals surface area contributed by atoms with Crippen molar-refractivity contribution >= 4 is 45.8 Å². The maximum Gasteiger partial charge on any atom is 0.407 e. The van der Waals surface area contributed by atoms with Gasteiger partial charge in [0, 0.05) is 21.9 Å². The zero-order valence-electron chi connectivity index (χ0n) is 16.4. The predicted octanol–water partition coefficient (Wildman–Crippen LogP) is 4.57. The van der Waals surface area contributed by atoms with E-state index >= 15 is 0 Å². The number of anilines is 1. The molecule has 0 bridgehead atoms. The quantitative estimate of drug-likeness (QED) is 0.658. The SMILES string of the molecule is CC(C)NC(=O)OCC1CCc2c(sc(NC(=O)/C=C/c3cccs3)c2C#N)C1. The Morgan fingerprint density at radius 1 is 1.45 bits per heavy atom. The summed E-state index contributed by atoms with van der Waals surface area (Å²) in [6.45, 7) is 4.12. The average molecular weight is 430 g/mol. The summed E-state index contributed by atoms with van der Waals surface area (Å²) in [4.78, 5) is 26.0. The molecule has 0 radical (unpaired) electrons. The Kier molecular flexibility index (Phi) is 7.07. The second kappa shape index (κ2) is 9.72. The van der Waals surface area contributed by atoms with Gasteiger partial charge in [0.15, 0.2) is 0 Å². The van der Waals surface area contributed by atoms with Gasteiger partial charge in [0.25, 0.3) is 0 Å². The highest BCUT2D eigenvalue weighted by Crippen LogP contribution is 2.39. The lowest BCUT2D eigenvalue weighted by Crippen LogP contribution is -2.32. The minimum absolute atomic E-state index is 0.0379. The number of alkyl carbamates (subject to hydrolysis) is 1. The van der Waals surface area contributed by atoms with Crippen LogP contribution in [0.4, 0.5) is 9.80 Å². The van der Waals surface area contributed by atoms with E-state index in [1.54, 1.807) is 17.4 Å². The highest BCUT2D eigenvalue weighted by atomic mass is 32.1. The Morgan fingerprint density at radius 2 is 2.28 bits per heavy atom. The van der Waals surface area contributed by atoms with Crippen molar-refractivity contribution in [3.8, 4) is 6.07 Å². The summed E-state index contributed by atoms with van der Waals surface area (Å²) in [5.41, 5.74) is 1.57. The molecule has 29 heavy (non-hydrogen) atoms. The molecule has 8 heteroatoms. The van der Waals surface area contributed by atoms with E-state index in [1.807, 2.05) is 31.4 Å². The van der Waals surface area contributed by atoms with Gasteiger partial charge in [-0.3, -0.25) is 4.79 Å². The third kappa shape index (κ3) is 5.68. The van der Waals surface area contributed by atoms with E-state index < -0.39 is 6.09 Å². The number of carbonyl (C=O) groups is 2.